The molecule has 27 heavy (non-hydrogen) atoms. The third-order valence-corrected chi connectivity index (χ3v) is 4.60. The van der Waals surface area contributed by atoms with Crippen molar-refractivity contribution in [1.82, 2.24) is 14.8 Å². The molecular weight excluding hydrogens is 434 g/mol. The number of hydrogen-bond donors (Lipinski definition) is 2. The average Bonchev–Trinajstić information content (AvgIpc) is 3.17. The SMILES string of the molecule is CC(C(=O)Nc1ccc(NC(=O)c2ccc(Br)cc2Cl)cc1)n1cncn1. The molecule has 2 N–H and O–H groups in total. The monoisotopic (exact) mass is 447 g/mol. The van der Waals surface area contributed by atoms with Gasteiger partial charge in [-0.3, -0.25) is 9.59 Å². The highest BCUT2D eigenvalue weighted by Crippen LogP contribution is 2.23. The van der Waals surface area contributed by atoms with Gasteiger partial charge in [-0.25, -0.2) is 9.67 Å². The van der Waals surface area contributed by atoms with E-state index in [0.717, 1.165) is 4.47 Å². The number of aromatic nitrogens is 3. The number of nitrogens with one attached hydrogen (secondary N) is 2. The van der Waals surface area contributed by atoms with Gasteiger partial charge in [-0.15, -0.1) is 0 Å². The van der Waals surface area contributed by atoms with Crippen LogP contribution in [0, 0.1) is 0 Å². The molecule has 1 aromatic heterocycles. The molecular formula is C18H15BrClN5O2. The topological polar surface area (TPSA) is 88.9 Å². The number of amides is 2. The summed E-state index contributed by atoms with van der Waals surface area (Å²) >= 11 is 9.40. The maximum atomic E-state index is 12.3. The largest absolute Gasteiger partial charge is 0.324 e. The highest BCUT2D eigenvalue weighted by molar-refractivity contribution is 9.10. The van der Waals surface area contributed by atoms with Crippen LogP contribution in [0.5, 0.6) is 0 Å². The normalized spacial score (nSPS) is 11.7. The molecule has 0 spiro atoms. The molecule has 0 saturated heterocycles. The van der Waals surface area contributed by atoms with Crippen LogP contribution in [-0.2, 0) is 4.79 Å². The maximum Gasteiger partial charge on any atom is 0.257 e. The van der Waals surface area contributed by atoms with Crippen LogP contribution in [0.2, 0.25) is 5.02 Å². The lowest BCUT2D eigenvalue weighted by atomic mass is 10.2. The Balaban J connectivity index is 1.63. The second kappa shape index (κ2) is 8.32. The molecule has 0 saturated carbocycles. The van der Waals surface area contributed by atoms with Gasteiger partial charge < -0.3 is 10.6 Å². The van der Waals surface area contributed by atoms with Gasteiger partial charge in [0.25, 0.3) is 5.91 Å². The predicted octanol–water partition coefficient (Wildman–Crippen LogP) is 4.15. The van der Waals surface area contributed by atoms with Crippen LogP contribution < -0.4 is 10.6 Å². The molecule has 3 aromatic rings. The fourth-order valence-electron chi connectivity index (χ4n) is 2.29. The number of anilines is 2. The van der Waals surface area contributed by atoms with Gasteiger partial charge in [-0.05, 0) is 49.4 Å². The van der Waals surface area contributed by atoms with Crippen molar-refractivity contribution >= 4 is 50.7 Å². The first-order valence-corrected chi connectivity index (χ1v) is 9.12. The van der Waals surface area contributed by atoms with E-state index in [2.05, 4.69) is 36.6 Å². The first-order chi connectivity index (χ1) is 12.9. The van der Waals surface area contributed by atoms with Gasteiger partial charge in [0.1, 0.15) is 18.7 Å². The molecule has 1 unspecified atom stereocenters. The summed E-state index contributed by atoms with van der Waals surface area (Å²) in [6.45, 7) is 1.72. The summed E-state index contributed by atoms with van der Waals surface area (Å²) in [6, 6.07) is 11.3. The summed E-state index contributed by atoms with van der Waals surface area (Å²) < 4.78 is 2.26. The van der Waals surface area contributed by atoms with Crippen LogP contribution in [0.4, 0.5) is 11.4 Å². The fourth-order valence-corrected chi connectivity index (χ4v) is 3.05. The Labute approximate surface area is 168 Å². The zero-order valence-corrected chi connectivity index (χ0v) is 16.5. The van der Waals surface area contributed by atoms with Crippen LogP contribution in [0.25, 0.3) is 0 Å². The lowest BCUT2D eigenvalue weighted by Crippen LogP contribution is -2.24. The molecule has 0 radical (unpaired) electrons. The minimum absolute atomic E-state index is 0.223. The van der Waals surface area contributed by atoms with Gasteiger partial charge in [0, 0.05) is 15.8 Å². The summed E-state index contributed by atoms with van der Waals surface area (Å²) in [5.41, 5.74) is 1.56. The molecule has 2 amide bonds. The van der Waals surface area contributed by atoms with Crippen LogP contribution in [-0.4, -0.2) is 26.6 Å². The Morgan fingerprint density at radius 2 is 1.78 bits per heavy atom. The van der Waals surface area contributed by atoms with E-state index in [9.17, 15) is 9.59 Å². The van der Waals surface area contributed by atoms with Crippen molar-refractivity contribution in [2.75, 3.05) is 10.6 Å². The molecule has 9 heteroatoms. The molecule has 3 rings (SSSR count). The van der Waals surface area contributed by atoms with Crippen LogP contribution in [0.1, 0.15) is 23.3 Å². The number of halogens is 2. The van der Waals surface area contributed by atoms with Crippen molar-refractivity contribution in [2.45, 2.75) is 13.0 Å². The minimum atomic E-state index is -0.494. The van der Waals surface area contributed by atoms with Gasteiger partial charge in [-0.2, -0.15) is 5.10 Å². The number of carbonyl (C=O) groups excluding carboxylic acids is 2. The summed E-state index contributed by atoms with van der Waals surface area (Å²) in [4.78, 5) is 28.4. The summed E-state index contributed by atoms with van der Waals surface area (Å²) in [5, 5.41) is 9.87. The first kappa shape index (κ1) is 19.1. The second-order valence-electron chi connectivity index (χ2n) is 5.70. The highest BCUT2D eigenvalue weighted by Gasteiger charge is 2.16. The van der Waals surface area contributed by atoms with Crippen molar-refractivity contribution in [2.24, 2.45) is 0 Å². The minimum Gasteiger partial charge on any atom is -0.324 e. The summed E-state index contributed by atoms with van der Waals surface area (Å²) in [7, 11) is 0. The maximum absolute atomic E-state index is 12.3. The zero-order chi connectivity index (χ0) is 19.4. The van der Waals surface area contributed by atoms with Gasteiger partial charge in [0.15, 0.2) is 0 Å². The molecule has 1 atom stereocenters. The second-order valence-corrected chi connectivity index (χ2v) is 7.02. The molecule has 0 bridgehead atoms. The average molecular weight is 449 g/mol. The van der Waals surface area contributed by atoms with Gasteiger partial charge in [-0.1, -0.05) is 27.5 Å². The molecule has 138 valence electrons. The van der Waals surface area contributed by atoms with Gasteiger partial charge in [0.05, 0.1) is 10.6 Å². The Kier molecular flexibility index (Phi) is 5.88. The molecule has 2 aromatic carbocycles. The lowest BCUT2D eigenvalue weighted by molar-refractivity contribution is -0.119. The number of rotatable bonds is 5. The summed E-state index contributed by atoms with van der Waals surface area (Å²) in [6.07, 6.45) is 2.86. The Morgan fingerprint density at radius 3 is 2.37 bits per heavy atom. The Morgan fingerprint density at radius 1 is 1.11 bits per heavy atom. The molecule has 0 fully saturated rings. The van der Waals surface area contributed by atoms with Crippen molar-refractivity contribution in [1.29, 1.82) is 0 Å². The van der Waals surface area contributed by atoms with Crippen molar-refractivity contribution < 1.29 is 9.59 Å². The third kappa shape index (κ3) is 4.72. The van der Waals surface area contributed by atoms with Crippen LogP contribution >= 0.6 is 27.5 Å². The zero-order valence-electron chi connectivity index (χ0n) is 14.2. The van der Waals surface area contributed by atoms with Crippen LogP contribution in [0.15, 0.2) is 59.6 Å². The fraction of sp³-hybridized carbons (Fsp3) is 0.111. The van der Waals surface area contributed by atoms with Crippen LogP contribution in [0.3, 0.4) is 0 Å². The smallest absolute Gasteiger partial charge is 0.257 e. The molecule has 0 aliphatic carbocycles. The number of carbonyl (C=O) groups is 2. The molecule has 7 nitrogen and oxygen atoms in total. The number of benzene rings is 2. The van der Waals surface area contributed by atoms with Gasteiger partial charge >= 0.3 is 0 Å². The quantitative estimate of drug-likeness (QED) is 0.614. The molecule has 0 aliphatic rings. The predicted molar refractivity (Wildman–Crippen MR) is 107 cm³/mol. The van der Waals surface area contributed by atoms with E-state index in [1.54, 1.807) is 49.4 Å². The van der Waals surface area contributed by atoms with E-state index in [4.69, 9.17) is 11.6 Å². The van der Waals surface area contributed by atoms with E-state index in [1.807, 2.05) is 0 Å². The lowest BCUT2D eigenvalue weighted by Gasteiger charge is -2.12. The number of hydrogen-bond acceptors (Lipinski definition) is 4. The summed E-state index contributed by atoms with van der Waals surface area (Å²) in [5.74, 6) is -0.539. The van der Waals surface area contributed by atoms with E-state index >= 15 is 0 Å². The van der Waals surface area contributed by atoms with Crippen molar-refractivity contribution in [3.63, 3.8) is 0 Å². The van der Waals surface area contributed by atoms with Crippen molar-refractivity contribution in [3.8, 4) is 0 Å². The Bertz CT molecular complexity index is 960. The van der Waals surface area contributed by atoms with Crippen molar-refractivity contribution in [3.05, 3.63) is 70.2 Å². The third-order valence-electron chi connectivity index (χ3n) is 3.80. The highest BCUT2D eigenvalue weighted by atomic mass is 79.9. The number of nitrogens with zero attached hydrogens (tertiary/aromatic N) is 3. The standard InChI is InChI=1S/C18H15BrClN5O2/c1-11(25-10-21-9-22-25)17(26)23-13-3-5-14(6-4-13)24-18(27)15-7-2-12(19)8-16(15)20/h2-11H,1H3,(H,23,26)(H,24,27). The van der Waals surface area contributed by atoms with Gasteiger partial charge in [0.2, 0.25) is 5.91 Å². The van der Waals surface area contributed by atoms with E-state index < -0.39 is 6.04 Å². The first-order valence-electron chi connectivity index (χ1n) is 7.95. The molecule has 0 aliphatic heterocycles. The molecule has 1 heterocycles. The van der Waals surface area contributed by atoms with E-state index in [0.29, 0.717) is 22.0 Å². The Hall–Kier alpha value is -2.71. The van der Waals surface area contributed by atoms with E-state index in [1.165, 1.54) is 17.3 Å². The van der Waals surface area contributed by atoms with E-state index in [-0.39, 0.29) is 11.8 Å².